The molecular weight excluding hydrogens is 314 g/mol. The molecule has 5 heteroatoms. The fourth-order valence-corrected chi connectivity index (χ4v) is 2.83. The Hall–Kier alpha value is -2.24. The molecule has 0 saturated carbocycles. The molecule has 0 N–H and O–H groups in total. The van der Waals surface area contributed by atoms with Crippen LogP contribution in [-0.4, -0.2) is 55.0 Å². The molecule has 1 aromatic carbocycles. The second-order valence-electron chi connectivity index (χ2n) is 6.35. The number of pyridine rings is 1. The first-order valence-electron chi connectivity index (χ1n) is 8.43. The molecule has 0 aliphatic carbocycles. The normalized spacial score (nSPS) is 12.2. The highest BCUT2D eigenvalue weighted by Crippen LogP contribution is 2.22. The Kier molecular flexibility index (Phi) is 7.10. The molecule has 1 heterocycles. The van der Waals surface area contributed by atoms with E-state index in [9.17, 15) is 4.79 Å². The van der Waals surface area contributed by atoms with Crippen molar-refractivity contribution in [2.24, 2.45) is 0 Å². The molecule has 25 heavy (non-hydrogen) atoms. The minimum atomic E-state index is -0.333. The van der Waals surface area contributed by atoms with Crippen LogP contribution >= 0.6 is 0 Å². The van der Waals surface area contributed by atoms with Crippen molar-refractivity contribution in [1.29, 1.82) is 0 Å². The van der Waals surface area contributed by atoms with E-state index in [0.717, 1.165) is 16.8 Å². The van der Waals surface area contributed by atoms with Crippen LogP contribution in [0.15, 0.2) is 48.7 Å². The van der Waals surface area contributed by atoms with E-state index in [0.29, 0.717) is 19.7 Å². The van der Waals surface area contributed by atoms with E-state index in [2.05, 4.69) is 11.1 Å². The Morgan fingerprint density at radius 2 is 2.00 bits per heavy atom. The van der Waals surface area contributed by atoms with E-state index in [-0.39, 0.29) is 11.9 Å². The van der Waals surface area contributed by atoms with Crippen molar-refractivity contribution < 1.29 is 9.53 Å². The average Bonchev–Trinajstić information content (AvgIpc) is 2.59. The van der Waals surface area contributed by atoms with E-state index in [1.165, 1.54) is 0 Å². The summed E-state index contributed by atoms with van der Waals surface area (Å²) in [4.78, 5) is 21.4. The van der Waals surface area contributed by atoms with Crippen molar-refractivity contribution in [2.75, 3.05) is 34.4 Å². The topological polar surface area (TPSA) is 45.7 Å². The summed E-state index contributed by atoms with van der Waals surface area (Å²) in [5.74, 6) is 0.0540. The Labute approximate surface area is 150 Å². The Bertz CT molecular complexity index is 674. The van der Waals surface area contributed by atoms with E-state index in [4.69, 9.17) is 4.74 Å². The Balaban J connectivity index is 2.27. The monoisotopic (exact) mass is 341 g/mol. The Morgan fingerprint density at radius 3 is 2.60 bits per heavy atom. The van der Waals surface area contributed by atoms with Gasteiger partial charge in [-0.25, -0.2) is 0 Å². The van der Waals surface area contributed by atoms with Crippen molar-refractivity contribution in [3.8, 4) is 0 Å². The van der Waals surface area contributed by atoms with Crippen LogP contribution in [0.2, 0.25) is 0 Å². The van der Waals surface area contributed by atoms with Gasteiger partial charge in [0.2, 0.25) is 5.91 Å². The molecule has 0 radical (unpaired) electrons. The summed E-state index contributed by atoms with van der Waals surface area (Å²) < 4.78 is 5.20. The molecule has 0 fully saturated rings. The number of ether oxygens (including phenoxy) is 1. The fraction of sp³-hybridized carbons (Fsp3) is 0.400. The number of rotatable bonds is 8. The standard InChI is InChI=1S/C20H27N3O2/c1-16-8-7-9-17(14-16)19(22(2)3)20(24)23(12-13-25-4)15-18-10-5-6-11-21-18/h5-11,14,19H,12-13,15H2,1-4H3/t19-/m1/s1. The number of nitrogens with zero attached hydrogens (tertiary/aromatic N) is 3. The summed E-state index contributed by atoms with van der Waals surface area (Å²) in [6.07, 6.45) is 1.75. The summed E-state index contributed by atoms with van der Waals surface area (Å²) in [5, 5.41) is 0. The second-order valence-corrected chi connectivity index (χ2v) is 6.35. The maximum Gasteiger partial charge on any atom is 0.244 e. The van der Waals surface area contributed by atoms with Crippen LogP contribution in [0.5, 0.6) is 0 Å². The lowest BCUT2D eigenvalue weighted by Crippen LogP contribution is -2.41. The summed E-state index contributed by atoms with van der Waals surface area (Å²) in [6, 6.07) is 13.5. The number of carbonyl (C=O) groups is 1. The maximum atomic E-state index is 13.3. The van der Waals surface area contributed by atoms with Crippen LogP contribution in [0.1, 0.15) is 22.9 Å². The van der Waals surface area contributed by atoms with E-state index < -0.39 is 0 Å². The van der Waals surface area contributed by atoms with E-state index >= 15 is 0 Å². The molecule has 0 aliphatic rings. The lowest BCUT2D eigenvalue weighted by molar-refractivity contribution is -0.137. The molecular formula is C20H27N3O2. The van der Waals surface area contributed by atoms with Crippen LogP contribution in [0.3, 0.4) is 0 Å². The van der Waals surface area contributed by atoms with Gasteiger partial charge < -0.3 is 9.64 Å². The number of hydrogen-bond acceptors (Lipinski definition) is 4. The molecule has 2 aromatic rings. The first kappa shape index (κ1) is 19.1. The van der Waals surface area contributed by atoms with Gasteiger partial charge in [0, 0.05) is 19.9 Å². The lowest BCUT2D eigenvalue weighted by atomic mass is 10.0. The van der Waals surface area contributed by atoms with Crippen LogP contribution in [0.4, 0.5) is 0 Å². The van der Waals surface area contributed by atoms with Crippen molar-refractivity contribution in [3.05, 3.63) is 65.5 Å². The highest BCUT2D eigenvalue weighted by molar-refractivity contribution is 5.83. The highest BCUT2D eigenvalue weighted by Gasteiger charge is 2.28. The molecule has 0 unspecified atom stereocenters. The van der Waals surface area contributed by atoms with Gasteiger partial charge in [-0.3, -0.25) is 14.7 Å². The van der Waals surface area contributed by atoms with Gasteiger partial charge in [-0.1, -0.05) is 35.9 Å². The third-order valence-corrected chi connectivity index (χ3v) is 4.06. The molecule has 0 spiro atoms. The number of aryl methyl sites for hydroxylation is 1. The van der Waals surface area contributed by atoms with Gasteiger partial charge in [0.25, 0.3) is 0 Å². The van der Waals surface area contributed by atoms with Gasteiger partial charge in [0.15, 0.2) is 0 Å². The lowest BCUT2D eigenvalue weighted by Gasteiger charge is -2.31. The quantitative estimate of drug-likeness (QED) is 0.740. The van der Waals surface area contributed by atoms with E-state index in [1.54, 1.807) is 13.3 Å². The molecule has 0 aliphatic heterocycles. The highest BCUT2D eigenvalue weighted by atomic mass is 16.5. The van der Waals surface area contributed by atoms with Crippen LogP contribution in [0.25, 0.3) is 0 Å². The second kappa shape index (κ2) is 9.30. The number of likely N-dealkylation sites (N-methyl/N-ethyl adjacent to an activating group) is 1. The molecule has 1 atom stereocenters. The summed E-state index contributed by atoms with van der Waals surface area (Å²) >= 11 is 0. The predicted molar refractivity (Wildman–Crippen MR) is 99.1 cm³/mol. The van der Waals surface area contributed by atoms with Crippen molar-refractivity contribution in [2.45, 2.75) is 19.5 Å². The fourth-order valence-electron chi connectivity index (χ4n) is 2.83. The van der Waals surface area contributed by atoms with Gasteiger partial charge in [-0.2, -0.15) is 0 Å². The molecule has 0 bridgehead atoms. The number of aromatic nitrogens is 1. The Morgan fingerprint density at radius 1 is 1.20 bits per heavy atom. The first-order chi connectivity index (χ1) is 12.0. The van der Waals surface area contributed by atoms with Gasteiger partial charge in [0.1, 0.15) is 6.04 Å². The number of benzene rings is 1. The van der Waals surface area contributed by atoms with Crippen molar-refractivity contribution >= 4 is 5.91 Å². The largest absolute Gasteiger partial charge is 0.383 e. The molecule has 0 saturated heterocycles. The minimum Gasteiger partial charge on any atom is -0.383 e. The van der Waals surface area contributed by atoms with Crippen LogP contribution < -0.4 is 0 Å². The summed E-state index contributed by atoms with van der Waals surface area (Å²) in [7, 11) is 5.51. The van der Waals surface area contributed by atoms with Gasteiger partial charge in [-0.05, 0) is 38.7 Å². The summed E-state index contributed by atoms with van der Waals surface area (Å²) in [6.45, 7) is 3.53. The smallest absolute Gasteiger partial charge is 0.244 e. The van der Waals surface area contributed by atoms with Gasteiger partial charge in [-0.15, -0.1) is 0 Å². The zero-order chi connectivity index (χ0) is 18.2. The first-order valence-corrected chi connectivity index (χ1v) is 8.43. The zero-order valence-electron chi connectivity index (χ0n) is 15.5. The van der Waals surface area contributed by atoms with Gasteiger partial charge >= 0.3 is 0 Å². The van der Waals surface area contributed by atoms with Crippen LogP contribution in [0, 0.1) is 6.92 Å². The van der Waals surface area contributed by atoms with E-state index in [1.807, 2.05) is 67.2 Å². The minimum absolute atomic E-state index is 0.0540. The summed E-state index contributed by atoms with van der Waals surface area (Å²) in [5.41, 5.74) is 3.01. The number of carbonyl (C=O) groups excluding carboxylic acids is 1. The average molecular weight is 341 g/mol. The maximum absolute atomic E-state index is 13.3. The number of amides is 1. The predicted octanol–water partition coefficient (Wildman–Crippen LogP) is 2.67. The molecule has 1 aromatic heterocycles. The number of methoxy groups -OCH3 is 1. The van der Waals surface area contributed by atoms with Crippen molar-refractivity contribution in [3.63, 3.8) is 0 Å². The third kappa shape index (κ3) is 5.37. The van der Waals surface area contributed by atoms with Crippen molar-refractivity contribution in [1.82, 2.24) is 14.8 Å². The molecule has 1 amide bonds. The third-order valence-electron chi connectivity index (χ3n) is 4.06. The van der Waals surface area contributed by atoms with Crippen LogP contribution in [-0.2, 0) is 16.1 Å². The zero-order valence-corrected chi connectivity index (χ0v) is 15.5. The molecule has 2 rings (SSSR count). The van der Waals surface area contributed by atoms with Gasteiger partial charge in [0.05, 0.1) is 18.8 Å². The SMILES string of the molecule is COCCN(Cc1ccccn1)C(=O)[C@@H](c1cccc(C)c1)N(C)C. The number of hydrogen-bond donors (Lipinski definition) is 0. The molecule has 134 valence electrons. The molecule has 5 nitrogen and oxygen atoms in total.